The summed E-state index contributed by atoms with van der Waals surface area (Å²) in [6.07, 6.45) is 0. The van der Waals surface area contributed by atoms with Crippen molar-refractivity contribution in [1.82, 2.24) is 0 Å². The van der Waals surface area contributed by atoms with Crippen LogP contribution in [0.2, 0.25) is 5.02 Å². The van der Waals surface area contributed by atoms with Gasteiger partial charge in [0.25, 0.3) is 0 Å². The number of methoxy groups -OCH3 is 1. The Balaban J connectivity index is 1.88. The van der Waals surface area contributed by atoms with Gasteiger partial charge in [-0.05, 0) is 48.0 Å². The molecule has 5 nitrogen and oxygen atoms in total. The van der Waals surface area contributed by atoms with Gasteiger partial charge >= 0.3 is 0 Å². The fourth-order valence-corrected chi connectivity index (χ4v) is 5.59. The van der Waals surface area contributed by atoms with Crippen molar-refractivity contribution in [3.05, 3.63) is 111 Å². The van der Waals surface area contributed by atoms with E-state index in [0.29, 0.717) is 38.1 Å². The molecule has 0 fully saturated rings. The number of halogens is 1. The van der Waals surface area contributed by atoms with Crippen LogP contribution in [0.4, 0.5) is 10.7 Å². The smallest absolute Gasteiger partial charge is 0.194 e. The first-order chi connectivity index (χ1) is 16.0. The minimum Gasteiger partial charge on any atom is -0.497 e. The lowest BCUT2D eigenvalue weighted by atomic mass is 9.83. The lowest BCUT2D eigenvalue weighted by molar-refractivity contribution is 0.414. The van der Waals surface area contributed by atoms with Crippen molar-refractivity contribution in [3.8, 4) is 11.8 Å². The second-order valence-corrected chi connectivity index (χ2v) is 9.05. The molecule has 0 aliphatic carbocycles. The van der Waals surface area contributed by atoms with Crippen LogP contribution in [0.5, 0.6) is 5.75 Å². The van der Waals surface area contributed by atoms with E-state index in [9.17, 15) is 10.1 Å². The molecule has 1 atom stereocenters. The summed E-state index contributed by atoms with van der Waals surface area (Å²) >= 11 is 7.68. The lowest BCUT2D eigenvalue weighted by Gasteiger charge is -2.35. The summed E-state index contributed by atoms with van der Waals surface area (Å²) < 4.78 is 6.08. The molecule has 0 spiro atoms. The molecule has 0 radical (unpaired) electrons. The van der Waals surface area contributed by atoms with Gasteiger partial charge in [-0.1, -0.05) is 41.9 Å². The fourth-order valence-electron chi connectivity index (χ4n) is 4.20. The molecule has 1 aromatic heterocycles. The third kappa shape index (κ3) is 3.43. The Morgan fingerprint density at radius 3 is 2.48 bits per heavy atom. The molecular formula is C26H18ClN3O2S. The van der Waals surface area contributed by atoms with Crippen LogP contribution in [0.1, 0.15) is 17.0 Å². The molecular weight excluding hydrogens is 454 g/mol. The zero-order valence-corrected chi connectivity index (χ0v) is 19.2. The maximum atomic E-state index is 13.9. The van der Waals surface area contributed by atoms with E-state index in [1.807, 2.05) is 60.7 Å². The number of benzene rings is 3. The van der Waals surface area contributed by atoms with Crippen molar-refractivity contribution in [2.45, 2.75) is 5.92 Å². The van der Waals surface area contributed by atoms with Gasteiger partial charge in [-0.3, -0.25) is 9.69 Å². The van der Waals surface area contributed by atoms with Gasteiger partial charge in [-0.2, -0.15) is 5.26 Å². The van der Waals surface area contributed by atoms with Gasteiger partial charge in [-0.15, -0.1) is 11.3 Å². The van der Waals surface area contributed by atoms with Gasteiger partial charge in [0.2, 0.25) is 0 Å². The van der Waals surface area contributed by atoms with Gasteiger partial charge in [-0.25, -0.2) is 0 Å². The normalized spacial score (nSPS) is 15.3. The molecule has 162 valence electrons. The Labute approximate surface area is 199 Å². The van der Waals surface area contributed by atoms with Crippen molar-refractivity contribution in [2.75, 3.05) is 12.0 Å². The second kappa shape index (κ2) is 8.28. The van der Waals surface area contributed by atoms with Crippen LogP contribution >= 0.6 is 22.9 Å². The van der Waals surface area contributed by atoms with Crippen LogP contribution in [0.25, 0.3) is 10.1 Å². The van der Waals surface area contributed by atoms with E-state index in [1.165, 1.54) is 11.3 Å². The van der Waals surface area contributed by atoms with Crippen LogP contribution in [-0.2, 0) is 0 Å². The third-order valence-corrected chi connectivity index (χ3v) is 7.16. The van der Waals surface area contributed by atoms with Gasteiger partial charge in [0.1, 0.15) is 16.6 Å². The van der Waals surface area contributed by atoms with Crippen LogP contribution in [0, 0.1) is 11.3 Å². The van der Waals surface area contributed by atoms with E-state index >= 15 is 0 Å². The Morgan fingerprint density at radius 2 is 1.82 bits per heavy atom. The summed E-state index contributed by atoms with van der Waals surface area (Å²) in [7, 11) is 1.59. The van der Waals surface area contributed by atoms with Crippen LogP contribution < -0.4 is 20.8 Å². The quantitative estimate of drug-likeness (QED) is 0.402. The summed E-state index contributed by atoms with van der Waals surface area (Å²) in [5, 5.41) is 11.9. The molecule has 33 heavy (non-hydrogen) atoms. The predicted octanol–water partition coefficient (Wildman–Crippen LogP) is 5.90. The monoisotopic (exact) mass is 471 g/mol. The molecule has 1 aliphatic rings. The number of anilines is 2. The van der Waals surface area contributed by atoms with E-state index in [0.717, 1.165) is 16.0 Å². The first-order valence-corrected chi connectivity index (χ1v) is 11.4. The molecule has 0 amide bonds. The highest BCUT2D eigenvalue weighted by molar-refractivity contribution is 7.22. The number of fused-ring (bicyclic) bond motifs is 2. The van der Waals surface area contributed by atoms with Gasteiger partial charge in [0, 0.05) is 26.4 Å². The molecule has 0 saturated carbocycles. The molecule has 0 saturated heterocycles. The van der Waals surface area contributed by atoms with Crippen molar-refractivity contribution < 1.29 is 4.74 Å². The van der Waals surface area contributed by atoms with E-state index in [4.69, 9.17) is 22.1 Å². The highest BCUT2D eigenvalue weighted by atomic mass is 35.5. The van der Waals surface area contributed by atoms with E-state index < -0.39 is 5.92 Å². The number of rotatable bonds is 3. The zero-order valence-electron chi connectivity index (χ0n) is 17.6. The van der Waals surface area contributed by atoms with E-state index in [1.54, 1.807) is 24.1 Å². The summed E-state index contributed by atoms with van der Waals surface area (Å²) in [6, 6.07) is 24.4. The minimum absolute atomic E-state index is 0.164. The highest BCUT2D eigenvalue weighted by Crippen LogP contribution is 2.48. The Morgan fingerprint density at radius 1 is 1.09 bits per heavy atom. The van der Waals surface area contributed by atoms with Crippen molar-refractivity contribution >= 4 is 43.7 Å². The van der Waals surface area contributed by atoms with Gasteiger partial charge in [0.05, 0.1) is 24.7 Å². The number of nitriles is 1. The summed E-state index contributed by atoms with van der Waals surface area (Å²) in [6.45, 7) is 0. The molecule has 3 aromatic carbocycles. The average molecular weight is 472 g/mol. The van der Waals surface area contributed by atoms with E-state index in [2.05, 4.69) is 6.07 Å². The number of nitrogens with zero attached hydrogens (tertiary/aromatic N) is 2. The number of hydrogen-bond donors (Lipinski definition) is 1. The number of hydrogen-bond acceptors (Lipinski definition) is 6. The highest BCUT2D eigenvalue weighted by Gasteiger charge is 2.37. The first-order valence-electron chi connectivity index (χ1n) is 10.2. The average Bonchev–Trinajstić information content (AvgIpc) is 2.84. The zero-order chi connectivity index (χ0) is 23.1. The first kappa shape index (κ1) is 21.1. The fraction of sp³-hybridized carbons (Fsp3) is 0.0769. The summed E-state index contributed by atoms with van der Waals surface area (Å²) in [4.78, 5) is 15.7. The van der Waals surface area contributed by atoms with Gasteiger partial charge < -0.3 is 10.5 Å². The van der Waals surface area contributed by atoms with Crippen LogP contribution in [0.3, 0.4) is 0 Å². The van der Waals surface area contributed by atoms with Crippen LogP contribution in [-0.4, -0.2) is 7.11 Å². The standard InChI is InChI=1S/C26H18ClN3O2S/c1-32-18-10-7-15(8-11-18)22-20(14-28)25(29)30(17-5-3-2-4-6-17)26-23(22)24(31)19-13-16(27)9-12-21(19)33-26/h2-13,22H,29H2,1H3. The molecule has 0 bridgehead atoms. The Kier molecular flexibility index (Phi) is 5.29. The minimum atomic E-state index is -0.608. The number of allylic oxidation sites excluding steroid dienone is 1. The lowest BCUT2D eigenvalue weighted by Crippen LogP contribution is -2.34. The topological polar surface area (TPSA) is 79.3 Å². The van der Waals surface area contributed by atoms with E-state index in [-0.39, 0.29) is 5.43 Å². The molecule has 7 heteroatoms. The molecule has 1 aliphatic heterocycles. The predicted molar refractivity (Wildman–Crippen MR) is 133 cm³/mol. The van der Waals surface area contributed by atoms with Crippen molar-refractivity contribution in [3.63, 3.8) is 0 Å². The Bertz CT molecular complexity index is 1510. The van der Waals surface area contributed by atoms with Crippen molar-refractivity contribution in [1.29, 1.82) is 5.26 Å². The maximum absolute atomic E-state index is 13.9. The van der Waals surface area contributed by atoms with Crippen molar-refractivity contribution in [2.24, 2.45) is 5.73 Å². The van der Waals surface area contributed by atoms with Crippen LogP contribution in [0.15, 0.2) is 89.0 Å². The summed E-state index contributed by atoms with van der Waals surface area (Å²) in [5.74, 6) is 0.385. The largest absolute Gasteiger partial charge is 0.497 e. The number of ether oxygens (including phenoxy) is 1. The summed E-state index contributed by atoms with van der Waals surface area (Å²) in [5.41, 5.74) is 8.86. The number of nitrogens with two attached hydrogens (primary N) is 1. The van der Waals surface area contributed by atoms with Gasteiger partial charge in [0.15, 0.2) is 5.43 Å². The maximum Gasteiger partial charge on any atom is 0.194 e. The molecule has 4 aromatic rings. The second-order valence-electron chi connectivity index (χ2n) is 7.58. The SMILES string of the molecule is COc1ccc(C2C(C#N)=C(N)N(c3ccccc3)c3sc4ccc(Cl)cc4c(=O)c32)cc1. The molecule has 2 heterocycles. The number of para-hydroxylation sites is 1. The third-order valence-electron chi connectivity index (χ3n) is 5.75. The molecule has 5 rings (SSSR count). The molecule has 2 N–H and O–H groups in total. The Hall–Kier alpha value is -3.79. The molecule has 1 unspecified atom stereocenters.